The molecule has 1 aromatic heterocycles. The van der Waals surface area contributed by atoms with Crippen LogP contribution in [0.1, 0.15) is 19.3 Å². The number of hydrogen-bond donors (Lipinski definition) is 1. The summed E-state index contributed by atoms with van der Waals surface area (Å²) in [6, 6.07) is 0. The third kappa shape index (κ3) is 3.78. The fourth-order valence-corrected chi connectivity index (χ4v) is 1.86. The summed E-state index contributed by atoms with van der Waals surface area (Å²) in [6.07, 6.45) is 4.68. The Kier molecular flexibility index (Phi) is 4.85. The number of aliphatic hydroxyl groups excluding tert-OH is 1. The largest absolute Gasteiger partial charge is 0.396 e. The highest BCUT2D eigenvalue weighted by Crippen LogP contribution is 2.15. The highest BCUT2D eigenvalue weighted by molar-refractivity contribution is 7.99. The van der Waals surface area contributed by atoms with Crippen LogP contribution in [0, 0.1) is 0 Å². The third-order valence-electron chi connectivity index (χ3n) is 1.70. The van der Waals surface area contributed by atoms with Gasteiger partial charge in [0.2, 0.25) is 0 Å². The Morgan fingerprint density at radius 1 is 1.46 bits per heavy atom. The van der Waals surface area contributed by atoms with E-state index < -0.39 is 0 Å². The van der Waals surface area contributed by atoms with Crippen LogP contribution in [-0.2, 0) is 7.05 Å². The number of hydrogen-bond acceptors (Lipinski definition) is 4. The standard InChI is InChI=1S/C8H15N3OS/c1-11-8(9-7-10-11)13-6-4-2-3-5-12/h7,12H,2-6H2,1H3. The lowest BCUT2D eigenvalue weighted by Gasteiger charge is -1.99. The predicted molar refractivity (Wildman–Crippen MR) is 52.7 cm³/mol. The van der Waals surface area contributed by atoms with E-state index in [0.29, 0.717) is 6.61 Å². The van der Waals surface area contributed by atoms with E-state index in [1.807, 2.05) is 7.05 Å². The van der Waals surface area contributed by atoms with Crippen molar-refractivity contribution in [2.75, 3.05) is 12.4 Å². The van der Waals surface area contributed by atoms with E-state index in [-0.39, 0.29) is 0 Å². The molecule has 13 heavy (non-hydrogen) atoms. The van der Waals surface area contributed by atoms with Gasteiger partial charge in [-0.25, -0.2) is 9.67 Å². The van der Waals surface area contributed by atoms with E-state index in [1.54, 1.807) is 22.8 Å². The summed E-state index contributed by atoms with van der Waals surface area (Å²) < 4.78 is 1.77. The van der Waals surface area contributed by atoms with Gasteiger partial charge in [-0.1, -0.05) is 18.2 Å². The number of aryl methyl sites for hydroxylation is 1. The number of rotatable bonds is 6. The lowest BCUT2D eigenvalue weighted by molar-refractivity contribution is 0.284. The van der Waals surface area contributed by atoms with Crippen molar-refractivity contribution < 1.29 is 5.11 Å². The van der Waals surface area contributed by atoms with E-state index in [1.165, 1.54) is 0 Å². The maximum Gasteiger partial charge on any atom is 0.185 e. The zero-order valence-electron chi connectivity index (χ0n) is 7.81. The molecule has 1 rings (SSSR count). The molecule has 0 amide bonds. The molecule has 0 unspecified atom stereocenters. The summed E-state index contributed by atoms with van der Waals surface area (Å²) in [6.45, 7) is 0.300. The number of nitrogens with zero attached hydrogens (tertiary/aromatic N) is 3. The summed E-state index contributed by atoms with van der Waals surface area (Å²) in [5.74, 6) is 1.05. The van der Waals surface area contributed by atoms with Crippen LogP contribution in [0.25, 0.3) is 0 Å². The fourth-order valence-electron chi connectivity index (χ4n) is 0.970. The van der Waals surface area contributed by atoms with Crippen LogP contribution < -0.4 is 0 Å². The van der Waals surface area contributed by atoms with Crippen molar-refractivity contribution in [1.82, 2.24) is 14.8 Å². The van der Waals surface area contributed by atoms with Crippen LogP contribution in [0.2, 0.25) is 0 Å². The van der Waals surface area contributed by atoms with Gasteiger partial charge >= 0.3 is 0 Å². The molecule has 1 aromatic rings. The van der Waals surface area contributed by atoms with Crippen molar-refractivity contribution in [2.45, 2.75) is 24.4 Å². The summed E-state index contributed by atoms with van der Waals surface area (Å²) in [5.41, 5.74) is 0. The average Bonchev–Trinajstić information content (AvgIpc) is 2.52. The lowest BCUT2D eigenvalue weighted by atomic mass is 10.3. The zero-order valence-corrected chi connectivity index (χ0v) is 8.63. The Balaban J connectivity index is 2.10. The zero-order chi connectivity index (χ0) is 9.52. The SMILES string of the molecule is Cn1ncnc1SCCCCCO. The predicted octanol–water partition coefficient (Wildman–Crippen LogP) is 1.07. The van der Waals surface area contributed by atoms with E-state index >= 15 is 0 Å². The van der Waals surface area contributed by atoms with E-state index in [9.17, 15) is 0 Å². The minimum absolute atomic E-state index is 0.300. The van der Waals surface area contributed by atoms with Gasteiger partial charge in [0.1, 0.15) is 6.33 Å². The molecule has 0 atom stereocenters. The molecule has 0 aliphatic carbocycles. The summed E-state index contributed by atoms with van der Waals surface area (Å²) in [4.78, 5) is 4.10. The van der Waals surface area contributed by atoms with Crippen LogP contribution in [0.5, 0.6) is 0 Å². The summed E-state index contributed by atoms with van der Waals surface area (Å²) in [5, 5.41) is 13.5. The van der Waals surface area contributed by atoms with E-state index in [2.05, 4.69) is 10.1 Å². The van der Waals surface area contributed by atoms with Crippen LogP contribution in [0.4, 0.5) is 0 Å². The van der Waals surface area contributed by atoms with Gasteiger partial charge in [-0.2, -0.15) is 5.10 Å². The summed E-state index contributed by atoms with van der Waals surface area (Å²) >= 11 is 1.71. The van der Waals surface area contributed by atoms with Crippen molar-refractivity contribution in [3.63, 3.8) is 0 Å². The molecular formula is C8H15N3OS. The first-order valence-electron chi connectivity index (χ1n) is 4.42. The molecule has 0 bridgehead atoms. The van der Waals surface area contributed by atoms with Gasteiger partial charge in [0.25, 0.3) is 0 Å². The maximum absolute atomic E-state index is 8.56. The van der Waals surface area contributed by atoms with Gasteiger partial charge < -0.3 is 5.11 Å². The van der Waals surface area contributed by atoms with Crippen molar-refractivity contribution in [3.8, 4) is 0 Å². The number of unbranched alkanes of at least 4 members (excludes halogenated alkanes) is 2. The summed E-state index contributed by atoms with van der Waals surface area (Å²) in [7, 11) is 1.89. The monoisotopic (exact) mass is 201 g/mol. The molecule has 5 heteroatoms. The molecule has 1 N–H and O–H groups in total. The molecule has 4 nitrogen and oxygen atoms in total. The second-order valence-electron chi connectivity index (χ2n) is 2.80. The molecule has 0 aliphatic heterocycles. The van der Waals surface area contributed by atoms with Crippen LogP contribution in [0.3, 0.4) is 0 Å². The van der Waals surface area contributed by atoms with E-state index in [0.717, 1.165) is 30.2 Å². The molecule has 0 spiro atoms. The van der Waals surface area contributed by atoms with Crippen LogP contribution in [-0.4, -0.2) is 32.2 Å². The molecule has 74 valence electrons. The van der Waals surface area contributed by atoms with Gasteiger partial charge in [-0.15, -0.1) is 0 Å². The topological polar surface area (TPSA) is 50.9 Å². The first-order valence-corrected chi connectivity index (χ1v) is 5.41. The number of aromatic nitrogens is 3. The first-order chi connectivity index (χ1) is 6.34. The minimum Gasteiger partial charge on any atom is -0.396 e. The van der Waals surface area contributed by atoms with Crippen LogP contribution >= 0.6 is 11.8 Å². The van der Waals surface area contributed by atoms with Crippen molar-refractivity contribution >= 4 is 11.8 Å². The first kappa shape index (κ1) is 10.5. The van der Waals surface area contributed by atoms with Crippen molar-refractivity contribution in [3.05, 3.63) is 6.33 Å². The fraction of sp³-hybridized carbons (Fsp3) is 0.750. The second kappa shape index (κ2) is 5.99. The number of aliphatic hydroxyl groups is 1. The Bertz CT molecular complexity index is 239. The smallest absolute Gasteiger partial charge is 0.185 e. The molecule has 0 aliphatic rings. The molecular weight excluding hydrogens is 186 g/mol. The maximum atomic E-state index is 8.56. The van der Waals surface area contributed by atoms with Gasteiger partial charge in [0.05, 0.1) is 0 Å². The van der Waals surface area contributed by atoms with Gasteiger partial charge in [0, 0.05) is 19.4 Å². The average molecular weight is 201 g/mol. The van der Waals surface area contributed by atoms with Crippen LogP contribution in [0.15, 0.2) is 11.5 Å². The Morgan fingerprint density at radius 2 is 2.31 bits per heavy atom. The Morgan fingerprint density at radius 3 is 2.92 bits per heavy atom. The van der Waals surface area contributed by atoms with Gasteiger partial charge in [0.15, 0.2) is 5.16 Å². The van der Waals surface area contributed by atoms with Crippen molar-refractivity contribution in [2.24, 2.45) is 7.05 Å². The Labute approximate surface area is 82.4 Å². The number of thioether (sulfide) groups is 1. The molecule has 0 fully saturated rings. The molecule has 0 aromatic carbocycles. The minimum atomic E-state index is 0.300. The molecule has 0 saturated carbocycles. The quantitative estimate of drug-likeness (QED) is 0.552. The van der Waals surface area contributed by atoms with E-state index in [4.69, 9.17) is 5.11 Å². The molecule has 1 heterocycles. The Hall–Kier alpha value is -0.550. The highest BCUT2D eigenvalue weighted by Gasteiger charge is 1.99. The highest BCUT2D eigenvalue weighted by atomic mass is 32.2. The molecule has 0 radical (unpaired) electrons. The third-order valence-corrected chi connectivity index (χ3v) is 2.82. The van der Waals surface area contributed by atoms with Gasteiger partial charge in [-0.3, -0.25) is 0 Å². The second-order valence-corrected chi connectivity index (χ2v) is 3.86. The van der Waals surface area contributed by atoms with Crippen molar-refractivity contribution in [1.29, 1.82) is 0 Å². The van der Waals surface area contributed by atoms with Gasteiger partial charge in [-0.05, 0) is 12.8 Å². The normalized spacial score (nSPS) is 10.6. The lowest BCUT2D eigenvalue weighted by Crippen LogP contribution is -1.93. The molecule has 0 saturated heterocycles.